The van der Waals surface area contributed by atoms with Crippen LogP contribution in [-0.2, 0) is 6.42 Å². The molecule has 0 aliphatic carbocycles. The maximum absolute atomic E-state index is 5.61. The van der Waals surface area contributed by atoms with E-state index in [1.54, 1.807) is 7.11 Å². The minimum atomic E-state index is 0.546. The van der Waals surface area contributed by atoms with E-state index in [0.29, 0.717) is 6.04 Å². The summed E-state index contributed by atoms with van der Waals surface area (Å²) in [5.74, 6) is 0.978. The van der Waals surface area contributed by atoms with Gasteiger partial charge in [-0.1, -0.05) is 6.07 Å². The molecule has 0 aromatic heterocycles. The first-order valence-corrected chi connectivity index (χ1v) is 7.04. The van der Waals surface area contributed by atoms with Gasteiger partial charge >= 0.3 is 0 Å². The normalized spacial score (nSPS) is 12.8. The van der Waals surface area contributed by atoms with Crippen molar-refractivity contribution in [1.29, 1.82) is 0 Å². The van der Waals surface area contributed by atoms with Gasteiger partial charge in [-0.15, -0.1) is 0 Å². The summed E-state index contributed by atoms with van der Waals surface area (Å²) >= 11 is 0. The monoisotopic (exact) mass is 264 g/mol. The predicted molar refractivity (Wildman–Crippen MR) is 81.9 cm³/mol. The fraction of sp³-hybridized carbons (Fsp3) is 0.625. The van der Waals surface area contributed by atoms with E-state index in [1.807, 2.05) is 0 Å². The minimum absolute atomic E-state index is 0.546. The second kappa shape index (κ2) is 7.51. The summed E-state index contributed by atoms with van der Waals surface area (Å²) in [5.41, 5.74) is 9.61. The van der Waals surface area contributed by atoms with E-state index in [4.69, 9.17) is 10.5 Å². The van der Waals surface area contributed by atoms with Gasteiger partial charge in [0.1, 0.15) is 5.75 Å². The number of hydrogen-bond donors (Lipinski definition) is 1. The Morgan fingerprint density at radius 3 is 2.53 bits per heavy atom. The Hall–Kier alpha value is -1.06. The second-order valence-corrected chi connectivity index (χ2v) is 5.33. The van der Waals surface area contributed by atoms with E-state index in [2.05, 4.69) is 44.9 Å². The Morgan fingerprint density at radius 1 is 1.26 bits per heavy atom. The minimum Gasteiger partial charge on any atom is -0.496 e. The highest BCUT2D eigenvalue weighted by atomic mass is 16.5. The first kappa shape index (κ1) is 16.0. The van der Waals surface area contributed by atoms with Crippen molar-refractivity contribution in [3.05, 3.63) is 28.8 Å². The molecule has 0 saturated heterocycles. The van der Waals surface area contributed by atoms with Crippen molar-refractivity contribution < 1.29 is 4.74 Å². The van der Waals surface area contributed by atoms with Gasteiger partial charge in [0.2, 0.25) is 0 Å². The van der Waals surface area contributed by atoms with Gasteiger partial charge in [0, 0.05) is 12.6 Å². The van der Waals surface area contributed by atoms with E-state index < -0.39 is 0 Å². The largest absolute Gasteiger partial charge is 0.496 e. The molecule has 0 bridgehead atoms. The number of nitrogens with two attached hydrogens (primary N) is 1. The Balaban J connectivity index is 2.66. The summed E-state index contributed by atoms with van der Waals surface area (Å²) in [6.07, 6.45) is 2.12. The van der Waals surface area contributed by atoms with Crippen molar-refractivity contribution in [2.45, 2.75) is 39.7 Å². The van der Waals surface area contributed by atoms with Gasteiger partial charge in [0.05, 0.1) is 7.11 Å². The van der Waals surface area contributed by atoms with Crippen molar-refractivity contribution in [1.82, 2.24) is 4.90 Å². The maximum Gasteiger partial charge on any atom is 0.122 e. The number of likely N-dealkylation sites (N-methyl/N-ethyl adjacent to an activating group) is 1. The summed E-state index contributed by atoms with van der Waals surface area (Å²) in [5, 5.41) is 0. The fourth-order valence-corrected chi connectivity index (χ4v) is 2.32. The zero-order valence-electron chi connectivity index (χ0n) is 13.0. The quantitative estimate of drug-likeness (QED) is 0.822. The van der Waals surface area contributed by atoms with Gasteiger partial charge in [-0.25, -0.2) is 0 Å². The third-order valence-electron chi connectivity index (χ3n) is 4.14. The van der Waals surface area contributed by atoms with Crippen LogP contribution in [0.1, 0.15) is 30.0 Å². The molecule has 1 rings (SSSR count). The number of ether oxygens (including phenoxy) is 1. The van der Waals surface area contributed by atoms with Crippen molar-refractivity contribution in [3.8, 4) is 5.75 Å². The smallest absolute Gasteiger partial charge is 0.122 e. The van der Waals surface area contributed by atoms with Crippen molar-refractivity contribution in [2.75, 3.05) is 27.2 Å². The Bertz CT molecular complexity index is 404. The molecule has 0 heterocycles. The van der Waals surface area contributed by atoms with Crippen LogP contribution in [0.2, 0.25) is 0 Å². The number of rotatable bonds is 7. The summed E-state index contributed by atoms with van der Waals surface area (Å²) in [7, 11) is 3.90. The molecule has 0 saturated carbocycles. The van der Waals surface area contributed by atoms with Gasteiger partial charge < -0.3 is 15.4 Å². The van der Waals surface area contributed by atoms with E-state index in [1.165, 1.54) is 16.7 Å². The zero-order chi connectivity index (χ0) is 14.4. The summed E-state index contributed by atoms with van der Waals surface area (Å²) < 4.78 is 5.35. The average Bonchev–Trinajstić information content (AvgIpc) is 2.40. The number of benzene rings is 1. The molecule has 3 nitrogen and oxygen atoms in total. The van der Waals surface area contributed by atoms with Crippen LogP contribution in [0.25, 0.3) is 0 Å². The third-order valence-corrected chi connectivity index (χ3v) is 4.14. The lowest BCUT2D eigenvalue weighted by atomic mass is 9.99. The van der Waals surface area contributed by atoms with E-state index in [0.717, 1.165) is 31.7 Å². The van der Waals surface area contributed by atoms with E-state index in [9.17, 15) is 0 Å². The van der Waals surface area contributed by atoms with Crippen LogP contribution in [-0.4, -0.2) is 38.2 Å². The number of nitrogens with zero attached hydrogens (tertiary/aromatic N) is 1. The standard InChI is InChI=1S/C16H28N2O/c1-12(8-10-17)18(4)11-9-15-6-7-16(19-5)14(3)13(15)2/h6-7,12H,8-11,17H2,1-5H3. The van der Waals surface area contributed by atoms with Crippen LogP contribution in [0.3, 0.4) is 0 Å². The highest BCUT2D eigenvalue weighted by Gasteiger charge is 2.10. The predicted octanol–water partition coefficient (Wildman–Crippen LogP) is 2.52. The molecule has 0 spiro atoms. The van der Waals surface area contributed by atoms with Crippen molar-refractivity contribution in [2.24, 2.45) is 5.73 Å². The molecular weight excluding hydrogens is 236 g/mol. The molecule has 1 unspecified atom stereocenters. The summed E-state index contributed by atoms with van der Waals surface area (Å²) in [4.78, 5) is 2.38. The molecule has 0 aliphatic heterocycles. The highest BCUT2D eigenvalue weighted by Crippen LogP contribution is 2.24. The molecule has 108 valence electrons. The Kier molecular flexibility index (Phi) is 6.32. The summed E-state index contributed by atoms with van der Waals surface area (Å²) in [6, 6.07) is 4.80. The van der Waals surface area contributed by atoms with Crippen molar-refractivity contribution >= 4 is 0 Å². The molecule has 1 atom stereocenters. The molecule has 19 heavy (non-hydrogen) atoms. The van der Waals surface area contributed by atoms with Crippen LogP contribution in [0, 0.1) is 13.8 Å². The molecular formula is C16H28N2O. The summed E-state index contributed by atoms with van der Waals surface area (Å²) in [6.45, 7) is 8.36. The van der Waals surface area contributed by atoms with E-state index in [-0.39, 0.29) is 0 Å². The molecule has 0 amide bonds. The average molecular weight is 264 g/mol. The number of methoxy groups -OCH3 is 1. The number of hydrogen-bond acceptors (Lipinski definition) is 3. The Morgan fingerprint density at radius 2 is 1.95 bits per heavy atom. The molecule has 0 aliphatic rings. The van der Waals surface area contributed by atoms with Gasteiger partial charge in [0.25, 0.3) is 0 Å². The van der Waals surface area contributed by atoms with Gasteiger partial charge in [-0.05, 0) is 70.0 Å². The second-order valence-electron chi connectivity index (χ2n) is 5.33. The van der Waals surface area contributed by atoms with Gasteiger partial charge in [-0.2, -0.15) is 0 Å². The highest BCUT2D eigenvalue weighted by molar-refractivity contribution is 5.43. The maximum atomic E-state index is 5.61. The molecule has 0 radical (unpaired) electrons. The van der Waals surface area contributed by atoms with Crippen LogP contribution in [0.4, 0.5) is 0 Å². The lowest BCUT2D eigenvalue weighted by Gasteiger charge is -2.24. The topological polar surface area (TPSA) is 38.5 Å². The van der Waals surface area contributed by atoms with Crippen molar-refractivity contribution in [3.63, 3.8) is 0 Å². The third kappa shape index (κ3) is 4.22. The van der Waals surface area contributed by atoms with Crippen LogP contribution in [0.15, 0.2) is 12.1 Å². The lowest BCUT2D eigenvalue weighted by molar-refractivity contribution is 0.251. The zero-order valence-corrected chi connectivity index (χ0v) is 13.0. The molecule has 3 heteroatoms. The first-order chi connectivity index (χ1) is 9.01. The van der Waals surface area contributed by atoms with Gasteiger partial charge in [-0.3, -0.25) is 0 Å². The Labute approximate surface area is 117 Å². The van der Waals surface area contributed by atoms with Crippen LogP contribution < -0.4 is 10.5 Å². The van der Waals surface area contributed by atoms with Crippen LogP contribution >= 0.6 is 0 Å². The molecule has 2 N–H and O–H groups in total. The fourth-order valence-electron chi connectivity index (χ4n) is 2.32. The van der Waals surface area contributed by atoms with Crippen LogP contribution in [0.5, 0.6) is 5.75 Å². The lowest BCUT2D eigenvalue weighted by Crippen LogP contribution is -2.32. The SMILES string of the molecule is COc1ccc(CCN(C)C(C)CCN)c(C)c1C. The molecule has 0 fully saturated rings. The first-order valence-electron chi connectivity index (χ1n) is 7.04. The van der Waals surface area contributed by atoms with Gasteiger partial charge in [0.15, 0.2) is 0 Å². The molecule has 1 aromatic carbocycles. The molecule has 1 aromatic rings. The van der Waals surface area contributed by atoms with E-state index >= 15 is 0 Å².